The summed E-state index contributed by atoms with van der Waals surface area (Å²) in [5.74, 6) is 0.246. The molecule has 0 fully saturated rings. The fraction of sp³-hybridized carbons (Fsp3) is 0.227. The average molecular weight is 393 g/mol. The average Bonchev–Trinajstić information content (AvgIpc) is 3.45. The standard InChI is InChI=1S/C22H20N2OS2/c25-21(8-7-15-14-23-18-5-2-1-4-16(15)18)24-11-9-19-17(10-13-27-19)22(24)20-6-3-12-26-20/h1-6,10,12-14,22-23H,7-9,11H2/t22-/m1/s1. The number of para-hydroxylation sites is 1. The molecular weight excluding hydrogens is 372 g/mol. The van der Waals surface area contributed by atoms with Crippen molar-refractivity contribution in [3.63, 3.8) is 0 Å². The van der Waals surface area contributed by atoms with Crippen LogP contribution in [0.5, 0.6) is 0 Å². The van der Waals surface area contributed by atoms with Gasteiger partial charge >= 0.3 is 0 Å². The van der Waals surface area contributed by atoms with Crippen molar-refractivity contribution in [2.24, 2.45) is 0 Å². The van der Waals surface area contributed by atoms with E-state index < -0.39 is 0 Å². The maximum absolute atomic E-state index is 13.2. The van der Waals surface area contributed by atoms with Gasteiger partial charge in [0.15, 0.2) is 0 Å². The lowest BCUT2D eigenvalue weighted by molar-refractivity contribution is -0.133. The second kappa shape index (κ2) is 6.98. The van der Waals surface area contributed by atoms with Crippen LogP contribution < -0.4 is 0 Å². The van der Waals surface area contributed by atoms with Gasteiger partial charge in [-0.3, -0.25) is 4.79 Å². The quantitative estimate of drug-likeness (QED) is 0.496. The molecule has 1 amide bonds. The van der Waals surface area contributed by atoms with E-state index in [-0.39, 0.29) is 11.9 Å². The van der Waals surface area contributed by atoms with Gasteiger partial charge in [0.2, 0.25) is 5.91 Å². The van der Waals surface area contributed by atoms with Crippen molar-refractivity contribution in [3.8, 4) is 0 Å². The van der Waals surface area contributed by atoms with Crippen LogP contribution in [-0.2, 0) is 17.6 Å². The first-order valence-corrected chi connectivity index (χ1v) is 11.0. The molecule has 5 heteroatoms. The lowest BCUT2D eigenvalue weighted by atomic mass is 9.97. The van der Waals surface area contributed by atoms with Crippen LogP contribution in [0, 0.1) is 0 Å². The number of nitrogens with one attached hydrogen (secondary N) is 1. The van der Waals surface area contributed by atoms with E-state index in [9.17, 15) is 4.79 Å². The Kier molecular flexibility index (Phi) is 4.34. The number of carbonyl (C=O) groups excluding carboxylic acids is 1. The van der Waals surface area contributed by atoms with E-state index in [0.717, 1.165) is 24.9 Å². The summed E-state index contributed by atoms with van der Waals surface area (Å²) in [6.07, 6.45) is 4.33. The first-order chi connectivity index (χ1) is 13.3. The van der Waals surface area contributed by atoms with Gasteiger partial charge in [0.25, 0.3) is 0 Å². The maximum atomic E-state index is 13.2. The highest BCUT2D eigenvalue weighted by atomic mass is 32.1. The molecule has 0 spiro atoms. The number of aryl methyl sites for hydroxylation is 1. The minimum absolute atomic E-state index is 0.0791. The van der Waals surface area contributed by atoms with Gasteiger partial charge in [0, 0.05) is 39.8 Å². The molecule has 5 rings (SSSR count). The number of rotatable bonds is 4. The second-order valence-corrected chi connectivity index (χ2v) is 8.89. The van der Waals surface area contributed by atoms with E-state index in [1.54, 1.807) is 11.3 Å². The largest absolute Gasteiger partial charge is 0.361 e. The molecular formula is C22H20N2OS2. The molecule has 4 aromatic rings. The molecule has 1 N–H and O–H groups in total. The summed E-state index contributed by atoms with van der Waals surface area (Å²) in [6, 6.07) is 14.8. The molecule has 0 radical (unpaired) electrons. The Labute approximate surface area is 166 Å². The number of thiophene rings is 2. The summed E-state index contributed by atoms with van der Waals surface area (Å²) in [4.78, 5) is 21.3. The zero-order valence-electron chi connectivity index (χ0n) is 14.9. The Morgan fingerprint density at radius 2 is 2.04 bits per heavy atom. The Morgan fingerprint density at radius 3 is 2.93 bits per heavy atom. The molecule has 0 aliphatic carbocycles. The molecule has 0 bridgehead atoms. The number of hydrogen-bond acceptors (Lipinski definition) is 3. The number of fused-ring (bicyclic) bond motifs is 2. The van der Waals surface area contributed by atoms with Crippen molar-refractivity contribution in [2.45, 2.75) is 25.3 Å². The highest BCUT2D eigenvalue weighted by Gasteiger charge is 2.33. The summed E-state index contributed by atoms with van der Waals surface area (Å²) in [7, 11) is 0. The number of carbonyl (C=O) groups is 1. The van der Waals surface area contributed by atoms with Gasteiger partial charge in [-0.15, -0.1) is 22.7 Å². The fourth-order valence-electron chi connectivity index (χ4n) is 4.06. The summed E-state index contributed by atoms with van der Waals surface area (Å²) in [5, 5.41) is 5.48. The summed E-state index contributed by atoms with van der Waals surface area (Å²) < 4.78 is 0. The van der Waals surface area contributed by atoms with E-state index in [4.69, 9.17) is 0 Å². The van der Waals surface area contributed by atoms with Gasteiger partial charge in [0.05, 0.1) is 6.04 Å². The molecule has 1 aliphatic rings. The first-order valence-electron chi connectivity index (χ1n) is 9.25. The van der Waals surface area contributed by atoms with Crippen LogP contribution in [0.2, 0.25) is 0 Å². The maximum Gasteiger partial charge on any atom is 0.223 e. The van der Waals surface area contributed by atoms with Crippen LogP contribution in [0.4, 0.5) is 0 Å². The number of aromatic nitrogens is 1. The van der Waals surface area contributed by atoms with Crippen molar-refractivity contribution >= 4 is 39.5 Å². The Hall–Kier alpha value is -2.37. The SMILES string of the molecule is O=C(CCc1c[nH]c2ccccc12)N1CCc2sccc2[C@@H]1c1cccs1. The second-order valence-electron chi connectivity index (χ2n) is 6.91. The first kappa shape index (κ1) is 16.8. The van der Waals surface area contributed by atoms with Gasteiger partial charge < -0.3 is 9.88 Å². The normalized spacial score (nSPS) is 16.6. The Morgan fingerprint density at radius 1 is 1.11 bits per heavy atom. The van der Waals surface area contributed by atoms with Crippen LogP contribution in [0.25, 0.3) is 10.9 Å². The van der Waals surface area contributed by atoms with E-state index in [0.29, 0.717) is 6.42 Å². The number of hydrogen-bond donors (Lipinski definition) is 1. The third-order valence-electron chi connectivity index (χ3n) is 5.38. The van der Waals surface area contributed by atoms with E-state index in [1.807, 2.05) is 23.6 Å². The minimum atomic E-state index is 0.0791. The van der Waals surface area contributed by atoms with Gasteiger partial charge in [0.1, 0.15) is 0 Å². The van der Waals surface area contributed by atoms with E-state index >= 15 is 0 Å². The predicted octanol–water partition coefficient (Wildman–Crippen LogP) is 5.40. The Bertz CT molecular complexity index is 1080. The molecule has 3 nitrogen and oxygen atoms in total. The van der Waals surface area contributed by atoms with Crippen molar-refractivity contribution in [2.75, 3.05) is 6.54 Å². The van der Waals surface area contributed by atoms with Gasteiger partial charge in [-0.2, -0.15) is 0 Å². The molecule has 0 saturated heterocycles. The summed E-state index contributed by atoms with van der Waals surface area (Å²) in [6.45, 7) is 0.808. The lowest BCUT2D eigenvalue weighted by Crippen LogP contribution is -2.39. The van der Waals surface area contributed by atoms with Gasteiger partial charge in [-0.25, -0.2) is 0 Å². The smallest absolute Gasteiger partial charge is 0.223 e. The van der Waals surface area contributed by atoms with Crippen molar-refractivity contribution in [1.82, 2.24) is 9.88 Å². The van der Waals surface area contributed by atoms with Crippen LogP contribution in [-0.4, -0.2) is 22.3 Å². The fourth-order valence-corrected chi connectivity index (χ4v) is 5.82. The summed E-state index contributed by atoms with van der Waals surface area (Å²) >= 11 is 3.56. The molecule has 0 unspecified atom stereocenters. The van der Waals surface area contributed by atoms with E-state index in [1.165, 1.54) is 26.3 Å². The molecule has 3 aromatic heterocycles. The van der Waals surface area contributed by atoms with Crippen molar-refractivity contribution in [1.29, 1.82) is 0 Å². The van der Waals surface area contributed by atoms with Crippen molar-refractivity contribution in [3.05, 3.63) is 80.3 Å². The summed E-state index contributed by atoms with van der Waals surface area (Å²) in [5.41, 5.74) is 3.67. The zero-order valence-corrected chi connectivity index (χ0v) is 16.5. The highest BCUT2D eigenvalue weighted by Crippen LogP contribution is 2.39. The molecule has 1 aliphatic heterocycles. The van der Waals surface area contributed by atoms with Gasteiger partial charge in [-0.1, -0.05) is 24.3 Å². The third-order valence-corrected chi connectivity index (χ3v) is 7.30. The number of benzene rings is 1. The number of aromatic amines is 1. The molecule has 1 aromatic carbocycles. The number of H-pyrrole nitrogens is 1. The lowest BCUT2D eigenvalue weighted by Gasteiger charge is -2.35. The minimum Gasteiger partial charge on any atom is -0.361 e. The monoisotopic (exact) mass is 392 g/mol. The van der Waals surface area contributed by atoms with Crippen LogP contribution >= 0.6 is 22.7 Å². The van der Waals surface area contributed by atoms with Gasteiger partial charge in [-0.05, 0) is 52.9 Å². The topological polar surface area (TPSA) is 36.1 Å². The number of amides is 1. The zero-order chi connectivity index (χ0) is 18.2. The number of nitrogens with zero attached hydrogens (tertiary/aromatic N) is 1. The van der Waals surface area contributed by atoms with Crippen LogP contribution in [0.15, 0.2) is 59.4 Å². The van der Waals surface area contributed by atoms with Crippen LogP contribution in [0.1, 0.15) is 33.3 Å². The van der Waals surface area contributed by atoms with E-state index in [2.05, 4.69) is 57.0 Å². The van der Waals surface area contributed by atoms with Crippen LogP contribution in [0.3, 0.4) is 0 Å². The highest BCUT2D eigenvalue weighted by molar-refractivity contribution is 7.10. The molecule has 136 valence electrons. The Balaban J connectivity index is 1.39. The molecule has 0 saturated carbocycles. The third kappa shape index (κ3) is 3.01. The van der Waals surface area contributed by atoms with Crippen molar-refractivity contribution < 1.29 is 4.79 Å². The molecule has 1 atom stereocenters. The molecule has 27 heavy (non-hydrogen) atoms. The molecule has 4 heterocycles. The predicted molar refractivity (Wildman–Crippen MR) is 113 cm³/mol.